The van der Waals surface area contributed by atoms with E-state index in [2.05, 4.69) is 128 Å². The molecule has 0 bridgehead atoms. The normalized spacial score (nSPS) is 19.2. The first-order valence-electron chi connectivity index (χ1n) is 16.8. The standard InChI is InChI=1S/C44H36FNO2/c1-43(2)38-15-9-8-14-36(38)39-34-12-6-7-13-35(34)42-40(41(39)43)37(29-10-4-3-5-11-29)28-44(48-42,30-16-20-32(45)21-17-30)31-18-22-33(23-19-31)46-24-26-47-27-25-46/h3-23,28H,24-27H2,1-2H3. The molecular formula is C44H36FNO2. The second-order valence-electron chi connectivity index (χ2n) is 13.6. The third kappa shape index (κ3) is 4.29. The number of hydrogen-bond acceptors (Lipinski definition) is 3. The third-order valence-electron chi connectivity index (χ3n) is 10.6. The van der Waals surface area contributed by atoms with Crippen LogP contribution in [0.2, 0.25) is 0 Å². The van der Waals surface area contributed by atoms with Gasteiger partial charge in [0.25, 0.3) is 0 Å². The number of benzene rings is 6. The highest BCUT2D eigenvalue weighted by Crippen LogP contribution is 2.60. The number of halogens is 1. The van der Waals surface area contributed by atoms with Gasteiger partial charge >= 0.3 is 0 Å². The van der Waals surface area contributed by atoms with Gasteiger partial charge in [-0.3, -0.25) is 0 Å². The van der Waals surface area contributed by atoms with Crippen molar-refractivity contribution in [2.75, 3.05) is 31.2 Å². The summed E-state index contributed by atoms with van der Waals surface area (Å²) < 4.78 is 27.7. The van der Waals surface area contributed by atoms with E-state index in [1.807, 2.05) is 12.1 Å². The van der Waals surface area contributed by atoms with Crippen LogP contribution in [-0.4, -0.2) is 26.3 Å². The van der Waals surface area contributed by atoms with Crippen molar-refractivity contribution in [1.29, 1.82) is 0 Å². The van der Waals surface area contributed by atoms with E-state index in [4.69, 9.17) is 9.47 Å². The van der Waals surface area contributed by atoms with Gasteiger partial charge in [-0.25, -0.2) is 4.39 Å². The second-order valence-corrected chi connectivity index (χ2v) is 13.6. The first-order chi connectivity index (χ1) is 23.5. The van der Waals surface area contributed by atoms with Gasteiger partial charge in [-0.05, 0) is 69.1 Å². The summed E-state index contributed by atoms with van der Waals surface area (Å²) in [6, 6.07) is 43.6. The van der Waals surface area contributed by atoms with E-state index in [9.17, 15) is 4.39 Å². The molecule has 2 heterocycles. The zero-order valence-electron chi connectivity index (χ0n) is 27.2. The lowest BCUT2D eigenvalue weighted by Crippen LogP contribution is -2.37. The smallest absolute Gasteiger partial charge is 0.178 e. The molecule has 3 nitrogen and oxygen atoms in total. The molecule has 0 amide bonds. The number of rotatable bonds is 4. The number of fused-ring (bicyclic) bond motifs is 8. The van der Waals surface area contributed by atoms with Gasteiger partial charge in [0.1, 0.15) is 11.6 Å². The minimum Gasteiger partial charge on any atom is -0.472 e. The maximum atomic E-state index is 14.5. The van der Waals surface area contributed by atoms with Gasteiger partial charge in [-0.1, -0.05) is 117 Å². The Labute approximate surface area is 280 Å². The molecule has 0 N–H and O–H groups in total. The van der Waals surface area contributed by atoms with Crippen molar-refractivity contribution in [1.82, 2.24) is 0 Å². The third-order valence-corrected chi connectivity index (χ3v) is 10.6. The molecule has 0 spiro atoms. The van der Waals surface area contributed by atoms with Gasteiger partial charge in [-0.2, -0.15) is 0 Å². The van der Waals surface area contributed by atoms with Crippen LogP contribution in [-0.2, 0) is 15.8 Å². The van der Waals surface area contributed by atoms with Crippen LogP contribution in [0.25, 0.3) is 27.5 Å². The summed E-state index contributed by atoms with van der Waals surface area (Å²) >= 11 is 0. The van der Waals surface area contributed by atoms with E-state index < -0.39 is 5.60 Å². The molecular weight excluding hydrogens is 593 g/mol. The lowest BCUT2D eigenvalue weighted by Gasteiger charge is -2.41. The zero-order valence-corrected chi connectivity index (χ0v) is 27.2. The van der Waals surface area contributed by atoms with Gasteiger partial charge in [0.05, 0.1) is 13.2 Å². The number of hydrogen-bond donors (Lipinski definition) is 0. The molecule has 48 heavy (non-hydrogen) atoms. The van der Waals surface area contributed by atoms with Gasteiger partial charge in [0.15, 0.2) is 5.60 Å². The van der Waals surface area contributed by atoms with Crippen LogP contribution < -0.4 is 9.64 Å². The molecule has 1 aliphatic carbocycles. The van der Waals surface area contributed by atoms with Crippen LogP contribution in [0.15, 0.2) is 133 Å². The fraction of sp³-hybridized carbons (Fsp3) is 0.182. The van der Waals surface area contributed by atoms with E-state index in [0.717, 1.165) is 71.0 Å². The predicted molar refractivity (Wildman–Crippen MR) is 192 cm³/mol. The van der Waals surface area contributed by atoms with Crippen molar-refractivity contribution < 1.29 is 13.9 Å². The Morgan fingerprint density at radius 3 is 2.00 bits per heavy atom. The molecule has 236 valence electrons. The van der Waals surface area contributed by atoms with E-state index in [-0.39, 0.29) is 11.2 Å². The van der Waals surface area contributed by atoms with Crippen LogP contribution in [0.1, 0.15) is 47.2 Å². The lowest BCUT2D eigenvalue weighted by molar-refractivity contribution is 0.122. The maximum Gasteiger partial charge on any atom is 0.178 e. The highest BCUT2D eigenvalue weighted by Gasteiger charge is 2.46. The van der Waals surface area contributed by atoms with Crippen molar-refractivity contribution in [2.45, 2.75) is 24.9 Å². The number of ether oxygens (including phenoxy) is 2. The Kier molecular flexibility index (Phi) is 6.60. The van der Waals surface area contributed by atoms with E-state index in [1.54, 1.807) is 0 Å². The van der Waals surface area contributed by atoms with Crippen molar-refractivity contribution in [2.24, 2.45) is 0 Å². The molecule has 2 aliphatic heterocycles. The fourth-order valence-corrected chi connectivity index (χ4v) is 8.26. The predicted octanol–water partition coefficient (Wildman–Crippen LogP) is 9.89. The van der Waals surface area contributed by atoms with Crippen LogP contribution >= 0.6 is 0 Å². The molecule has 0 aromatic heterocycles. The summed E-state index contributed by atoms with van der Waals surface area (Å²) in [6.45, 7) is 7.84. The summed E-state index contributed by atoms with van der Waals surface area (Å²) in [4.78, 5) is 2.36. The zero-order chi connectivity index (χ0) is 32.5. The largest absolute Gasteiger partial charge is 0.472 e. The Hall–Kier alpha value is -5.19. The Bertz CT molecular complexity index is 2210. The van der Waals surface area contributed by atoms with E-state index in [1.165, 1.54) is 39.8 Å². The topological polar surface area (TPSA) is 21.7 Å². The van der Waals surface area contributed by atoms with Gasteiger partial charge in [0, 0.05) is 46.3 Å². The van der Waals surface area contributed by atoms with Crippen LogP contribution in [0, 0.1) is 5.82 Å². The second kappa shape index (κ2) is 10.9. The average molecular weight is 630 g/mol. The van der Waals surface area contributed by atoms with Crippen molar-refractivity contribution in [3.8, 4) is 16.9 Å². The van der Waals surface area contributed by atoms with E-state index >= 15 is 0 Å². The molecule has 0 saturated carbocycles. The monoisotopic (exact) mass is 629 g/mol. The molecule has 1 saturated heterocycles. The summed E-state index contributed by atoms with van der Waals surface area (Å²) in [7, 11) is 0. The molecule has 1 unspecified atom stereocenters. The summed E-state index contributed by atoms with van der Waals surface area (Å²) in [5, 5.41) is 2.24. The maximum absolute atomic E-state index is 14.5. The van der Waals surface area contributed by atoms with Crippen molar-refractivity contribution in [3.63, 3.8) is 0 Å². The van der Waals surface area contributed by atoms with Gasteiger partial charge < -0.3 is 14.4 Å². The molecule has 6 aromatic carbocycles. The number of anilines is 1. The van der Waals surface area contributed by atoms with Crippen molar-refractivity contribution in [3.05, 3.63) is 173 Å². The molecule has 1 fully saturated rings. The fourth-order valence-electron chi connectivity index (χ4n) is 8.26. The highest BCUT2D eigenvalue weighted by molar-refractivity contribution is 6.10. The molecule has 6 aromatic rings. The van der Waals surface area contributed by atoms with Gasteiger partial charge in [-0.15, -0.1) is 0 Å². The molecule has 0 radical (unpaired) electrons. The molecule has 1 atom stereocenters. The summed E-state index contributed by atoms with van der Waals surface area (Å²) in [5.74, 6) is 0.580. The Balaban J connectivity index is 1.37. The van der Waals surface area contributed by atoms with Crippen LogP contribution in [0.3, 0.4) is 0 Å². The Morgan fingerprint density at radius 2 is 1.27 bits per heavy atom. The SMILES string of the molecule is CC1(C)c2ccccc2-c2c1c1c(c3ccccc23)OC(c2ccc(F)cc2)(c2ccc(N3CCOCC3)cc2)C=C1c1ccccc1. The first-order valence-corrected chi connectivity index (χ1v) is 16.8. The molecule has 4 heteroatoms. The average Bonchev–Trinajstić information content (AvgIpc) is 3.39. The number of nitrogens with zero attached hydrogens (tertiary/aromatic N) is 1. The Morgan fingerprint density at radius 1 is 0.646 bits per heavy atom. The summed E-state index contributed by atoms with van der Waals surface area (Å²) in [5.41, 5.74) is 10.2. The van der Waals surface area contributed by atoms with Gasteiger partial charge in [0.2, 0.25) is 0 Å². The van der Waals surface area contributed by atoms with Crippen LogP contribution in [0.4, 0.5) is 10.1 Å². The minimum atomic E-state index is -1.03. The molecule has 3 aliphatic rings. The first kappa shape index (κ1) is 29.0. The lowest BCUT2D eigenvalue weighted by atomic mass is 9.73. The quantitative estimate of drug-likeness (QED) is 0.194. The van der Waals surface area contributed by atoms with E-state index in [0.29, 0.717) is 0 Å². The summed E-state index contributed by atoms with van der Waals surface area (Å²) in [6.07, 6.45) is 2.29. The number of morpholine rings is 1. The molecule has 9 rings (SSSR count). The highest BCUT2D eigenvalue weighted by atomic mass is 19.1. The van der Waals surface area contributed by atoms with Crippen LogP contribution in [0.5, 0.6) is 5.75 Å². The minimum absolute atomic E-state index is 0.271. The van der Waals surface area contributed by atoms with Crippen molar-refractivity contribution >= 4 is 22.0 Å².